The molecule has 0 aromatic heterocycles. The van der Waals surface area contributed by atoms with E-state index < -0.39 is 5.41 Å². The van der Waals surface area contributed by atoms with Crippen LogP contribution < -0.4 is 0 Å². The average Bonchev–Trinajstić information content (AvgIpc) is 2.36. The zero-order chi connectivity index (χ0) is 14.0. The molecule has 2 nitrogen and oxygen atoms in total. The summed E-state index contributed by atoms with van der Waals surface area (Å²) in [5.41, 5.74) is 0.284. The van der Waals surface area contributed by atoms with E-state index in [4.69, 9.17) is 0 Å². The maximum Gasteiger partial charge on any atom is 0.161 e. The van der Waals surface area contributed by atoms with E-state index >= 15 is 0 Å². The molecule has 0 amide bonds. The van der Waals surface area contributed by atoms with Gasteiger partial charge in [-0.1, -0.05) is 51.1 Å². The second-order valence-corrected chi connectivity index (χ2v) is 5.67. The summed E-state index contributed by atoms with van der Waals surface area (Å²) in [6.07, 6.45) is 3.24. The zero-order valence-electron chi connectivity index (χ0n) is 11.5. The minimum Gasteiger partial charge on any atom is -0.507 e. The highest BCUT2D eigenvalue weighted by atomic mass is 16.3. The van der Waals surface area contributed by atoms with Crippen LogP contribution in [-0.2, 0) is 4.79 Å². The fraction of sp³-hybridized carbons (Fsp3) is 0.235. The number of benzene rings is 2. The summed E-state index contributed by atoms with van der Waals surface area (Å²) in [7, 11) is 0. The largest absolute Gasteiger partial charge is 0.507 e. The summed E-state index contributed by atoms with van der Waals surface area (Å²) in [6, 6.07) is 11.3. The molecule has 98 valence electrons. The first-order valence-corrected chi connectivity index (χ1v) is 6.33. The molecule has 0 saturated heterocycles. The first kappa shape index (κ1) is 13.3. The number of phenols is 1. The molecule has 0 radical (unpaired) electrons. The lowest BCUT2D eigenvalue weighted by Gasteiger charge is -2.13. The number of allylic oxidation sites excluding steroid dienone is 1. The first-order valence-electron chi connectivity index (χ1n) is 6.33. The van der Waals surface area contributed by atoms with E-state index in [1.807, 2.05) is 51.1 Å². The molecule has 0 unspecified atom stereocenters. The molecular weight excluding hydrogens is 236 g/mol. The van der Waals surface area contributed by atoms with Gasteiger partial charge in [0.15, 0.2) is 5.78 Å². The second-order valence-electron chi connectivity index (χ2n) is 5.67. The van der Waals surface area contributed by atoms with E-state index in [9.17, 15) is 9.90 Å². The van der Waals surface area contributed by atoms with Crippen molar-refractivity contribution in [2.45, 2.75) is 20.8 Å². The quantitative estimate of drug-likeness (QED) is 0.816. The molecule has 2 aromatic rings. The molecule has 2 aromatic carbocycles. The monoisotopic (exact) mass is 254 g/mol. The lowest BCUT2D eigenvalue weighted by Crippen LogP contribution is -2.17. The van der Waals surface area contributed by atoms with E-state index in [0.29, 0.717) is 5.56 Å². The lowest BCUT2D eigenvalue weighted by molar-refractivity contribution is -0.121. The molecule has 0 bridgehead atoms. The van der Waals surface area contributed by atoms with Crippen LogP contribution in [0.3, 0.4) is 0 Å². The molecule has 0 saturated carbocycles. The summed E-state index contributed by atoms with van der Waals surface area (Å²) < 4.78 is 0. The third kappa shape index (κ3) is 2.84. The van der Waals surface area contributed by atoms with Crippen molar-refractivity contribution >= 4 is 22.6 Å². The number of fused-ring (bicyclic) bond motifs is 1. The van der Waals surface area contributed by atoms with Crippen LogP contribution in [0.25, 0.3) is 16.8 Å². The Morgan fingerprint density at radius 1 is 1.11 bits per heavy atom. The minimum absolute atomic E-state index is 0.0415. The standard InChI is InChI=1S/C17H18O2/c1-17(2,3)16(19)11-9-14-13-7-5-4-6-12(13)8-10-15(14)18/h4-11,18H,1-3H3/b11-9+. The second kappa shape index (κ2) is 4.88. The maximum atomic E-state index is 11.9. The Bertz CT molecular complexity index is 646. The number of aromatic hydroxyl groups is 1. The normalized spacial score (nSPS) is 12.2. The van der Waals surface area contributed by atoms with Gasteiger partial charge in [0.2, 0.25) is 0 Å². The Hall–Kier alpha value is -2.09. The highest BCUT2D eigenvalue weighted by Gasteiger charge is 2.18. The Labute approximate surface area is 113 Å². The van der Waals surface area contributed by atoms with Gasteiger partial charge in [0.25, 0.3) is 0 Å². The summed E-state index contributed by atoms with van der Waals surface area (Å²) in [6.45, 7) is 5.63. The van der Waals surface area contributed by atoms with Crippen molar-refractivity contribution in [3.8, 4) is 5.75 Å². The summed E-state index contributed by atoms with van der Waals surface area (Å²) in [4.78, 5) is 11.9. The van der Waals surface area contributed by atoms with Gasteiger partial charge < -0.3 is 5.11 Å². The maximum absolute atomic E-state index is 11.9. The third-order valence-corrected chi connectivity index (χ3v) is 3.09. The summed E-state index contributed by atoms with van der Waals surface area (Å²) in [5, 5.41) is 12.0. The van der Waals surface area contributed by atoms with Crippen LogP contribution in [0.1, 0.15) is 26.3 Å². The molecule has 0 aliphatic carbocycles. The number of hydrogen-bond acceptors (Lipinski definition) is 2. The Kier molecular flexibility index (Phi) is 3.43. The molecular formula is C17H18O2. The number of hydrogen-bond donors (Lipinski definition) is 1. The van der Waals surface area contributed by atoms with Gasteiger partial charge in [-0.3, -0.25) is 4.79 Å². The molecule has 19 heavy (non-hydrogen) atoms. The Morgan fingerprint density at radius 2 is 1.79 bits per heavy atom. The Morgan fingerprint density at radius 3 is 2.47 bits per heavy atom. The van der Waals surface area contributed by atoms with E-state index in [1.165, 1.54) is 0 Å². The fourth-order valence-corrected chi connectivity index (χ4v) is 1.87. The molecule has 0 atom stereocenters. The van der Waals surface area contributed by atoms with Gasteiger partial charge in [-0.25, -0.2) is 0 Å². The fourth-order valence-electron chi connectivity index (χ4n) is 1.87. The molecule has 0 fully saturated rings. The zero-order valence-corrected chi connectivity index (χ0v) is 11.5. The van der Waals surface area contributed by atoms with Crippen molar-refractivity contribution in [1.29, 1.82) is 0 Å². The van der Waals surface area contributed by atoms with E-state index in [0.717, 1.165) is 10.8 Å². The van der Waals surface area contributed by atoms with Crippen molar-refractivity contribution < 1.29 is 9.90 Å². The number of carbonyl (C=O) groups excluding carboxylic acids is 1. The smallest absolute Gasteiger partial charge is 0.161 e. The average molecular weight is 254 g/mol. The van der Waals surface area contributed by atoms with Gasteiger partial charge in [-0.05, 0) is 29.0 Å². The predicted molar refractivity (Wildman–Crippen MR) is 79.1 cm³/mol. The van der Waals surface area contributed by atoms with Gasteiger partial charge in [0.05, 0.1) is 0 Å². The molecule has 0 aliphatic heterocycles. The van der Waals surface area contributed by atoms with Gasteiger partial charge in [-0.2, -0.15) is 0 Å². The third-order valence-electron chi connectivity index (χ3n) is 3.09. The molecule has 2 rings (SSSR count). The Balaban J connectivity index is 2.48. The van der Waals surface area contributed by atoms with E-state index in [1.54, 1.807) is 18.2 Å². The van der Waals surface area contributed by atoms with Crippen molar-refractivity contribution in [3.05, 3.63) is 48.0 Å². The van der Waals surface area contributed by atoms with Crippen molar-refractivity contribution in [2.24, 2.45) is 5.41 Å². The predicted octanol–water partition coefficient (Wildman–Crippen LogP) is 4.17. The molecule has 0 aliphatic rings. The highest BCUT2D eigenvalue weighted by molar-refractivity contribution is 6.01. The van der Waals surface area contributed by atoms with Crippen molar-refractivity contribution in [3.63, 3.8) is 0 Å². The summed E-state index contributed by atoms with van der Waals surface area (Å²) >= 11 is 0. The van der Waals surface area contributed by atoms with Crippen LogP contribution >= 0.6 is 0 Å². The molecule has 1 N–H and O–H groups in total. The number of ketones is 1. The number of carbonyl (C=O) groups is 1. The van der Waals surface area contributed by atoms with E-state index in [2.05, 4.69) is 0 Å². The molecule has 0 spiro atoms. The SMILES string of the molecule is CC(C)(C)C(=O)/C=C/c1c(O)ccc2ccccc12. The van der Waals surface area contributed by atoms with Gasteiger partial charge in [-0.15, -0.1) is 0 Å². The summed E-state index contributed by atoms with van der Waals surface area (Å²) in [5.74, 6) is 0.233. The number of rotatable bonds is 2. The van der Waals surface area contributed by atoms with Crippen molar-refractivity contribution in [2.75, 3.05) is 0 Å². The van der Waals surface area contributed by atoms with Gasteiger partial charge in [0, 0.05) is 11.0 Å². The van der Waals surface area contributed by atoms with Crippen LogP contribution in [0.2, 0.25) is 0 Å². The molecule has 2 heteroatoms. The van der Waals surface area contributed by atoms with Crippen LogP contribution in [0, 0.1) is 5.41 Å². The van der Waals surface area contributed by atoms with Crippen LogP contribution in [0.4, 0.5) is 0 Å². The topological polar surface area (TPSA) is 37.3 Å². The minimum atomic E-state index is -0.406. The number of phenolic OH excluding ortho intramolecular Hbond substituents is 1. The highest BCUT2D eigenvalue weighted by Crippen LogP contribution is 2.28. The van der Waals surface area contributed by atoms with Gasteiger partial charge >= 0.3 is 0 Å². The van der Waals surface area contributed by atoms with E-state index in [-0.39, 0.29) is 11.5 Å². The van der Waals surface area contributed by atoms with Gasteiger partial charge in [0.1, 0.15) is 5.75 Å². The first-order chi connectivity index (χ1) is 8.89. The molecule has 0 heterocycles. The van der Waals surface area contributed by atoms with Crippen LogP contribution in [0.5, 0.6) is 5.75 Å². The van der Waals surface area contributed by atoms with Crippen LogP contribution in [-0.4, -0.2) is 10.9 Å². The van der Waals surface area contributed by atoms with Crippen molar-refractivity contribution in [1.82, 2.24) is 0 Å². The van der Waals surface area contributed by atoms with Crippen LogP contribution in [0.15, 0.2) is 42.5 Å². The lowest BCUT2D eigenvalue weighted by atomic mass is 9.90.